The van der Waals surface area contributed by atoms with Crippen LogP contribution in [-0.4, -0.2) is 21.0 Å². The molecule has 5 nitrogen and oxygen atoms in total. The summed E-state index contributed by atoms with van der Waals surface area (Å²) in [7, 11) is 0. The van der Waals surface area contributed by atoms with Gasteiger partial charge in [0.15, 0.2) is 0 Å². The maximum Gasteiger partial charge on any atom is 0.303 e. The number of fused-ring (bicyclic) bond motifs is 1. The Morgan fingerprint density at radius 1 is 1.58 bits per heavy atom. The normalized spacial score (nSPS) is 12.7. The van der Waals surface area contributed by atoms with Gasteiger partial charge in [-0.2, -0.15) is 0 Å². The van der Waals surface area contributed by atoms with Crippen LogP contribution in [0.3, 0.4) is 0 Å². The number of aromatic nitrogens is 2. The summed E-state index contributed by atoms with van der Waals surface area (Å²) in [6.07, 6.45) is 1.18. The fourth-order valence-electron chi connectivity index (χ4n) is 1.94. The number of aryl methyl sites for hydroxylation is 1. The zero-order valence-electron chi connectivity index (χ0n) is 10.9. The quantitative estimate of drug-likeness (QED) is 0.881. The first-order valence-corrected chi connectivity index (χ1v) is 7.13. The molecule has 2 N–H and O–H groups in total. The van der Waals surface area contributed by atoms with E-state index < -0.39 is 5.97 Å². The number of rotatable bonds is 5. The van der Waals surface area contributed by atoms with Crippen molar-refractivity contribution in [2.45, 2.75) is 39.0 Å². The van der Waals surface area contributed by atoms with E-state index in [9.17, 15) is 9.59 Å². The number of nitrogens with one attached hydrogen (secondary N) is 1. The molecular weight excluding hydrogens is 264 g/mol. The van der Waals surface area contributed by atoms with Crippen LogP contribution in [0.15, 0.2) is 10.2 Å². The van der Waals surface area contributed by atoms with Gasteiger partial charge in [-0.1, -0.05) is 13.8 Å². The van der Waals surface area contributed by atoms with Crippen LogP contribution in [0.4, 0.5) is 0 Å². The Morgan fingerprint density at radius 3 is 2.95 bits per heavy atom. The maximum absolute atomic E-state index is 12.1. The molecule has 0 saturated heterocycles. The first-order valence-electron chi connectivity index (χ1n) is 6.25. The molecule has 2 aromatic heterocycles. The maximum atomic E-state index is 12.1. The van der Waals surface area contributed by atoms with Crippen molar-refractivity contribution in [3.8, 4) is 0 Å². The summed E-state index contributed by atoms with van der Waals surface area (Å²) in [5.74, 6) is -0.131. The molecule has 2 heterocycles. The number of carboxylic acids is 1. The lowest BCUT2D eigenvalue weighted by Crippen LogP contribution is -2.13. The molecule has 0 spiro atoms. The van der Waals surface area contributed by atoms with E-state index in [1.165, 1.54) is 11.3 Å². The molecule has 2 aromatic rings. The van der Waals surface area contributed by atoms with Crippen molar-refractivity contribution in [1.29, 1.82) is 0 Å². The van der Waals surface area contributed by atoms with Gasteiger partial charge in [-0.15, -0.1) is 11.3 Å². The fraction of sp³-hybridized carbons (Fsp3) is 0.462. The molecule has 0 fully saturated rings. The lowest BCUT2D eigenvalue weighted by atomic mass is 9.99. The Hall–Kier alpha value is -1.69. The highest BCUT2D eigenvalue weighted by Gasteiger charge is 2.15. The van der Waals surface area contributed by atoms with Gasteiger partial charge in [0.25, 0.3) is 5.56 Å². The highest BCUT2D eigenvalue weighted by molar-refractivity contribution is 7.16. The first kappa shape index (κ1) is 13.7. The van der Waals surface area contributed by atoms with E-state index in [1.807, 2.05) is 5.38 Å². The van der Waals surface area contributed by atoms with Crippen molar-refractivity contribution in [3.05, 3.63) is 27.1 Å². The van der Waals surface area contributed by atoms with Crippen molar-refractivity contribution in [2.24, 2.45) is 0 Å². The SMILES string of the molecule is CCC(C)c1csc2nc(CCC(=O)O)[nH]c(=O)c12. The zero-order valence-corrected chi connectivity index (χ0v) is 11.7. The third-order valence-corrected chi connectivity index (χ3v) is 4.13. The second-order valence-corrected chi connectivity index (χ2v) is 5.44. The van der Waals surface area contributed by atoms with Crippen molar-refractivity contribution in [2.75, 3.05) is 0 Å². The average molecular weight is 280 g/mol. The van der Waals surface area contributed by atoms with Crippen LogP contribution < -0.4 is 5.56 Å². The van der Waals surface area contributed by atoms with Gasteiger partial charge >= 0.3 is 5.97 Å². The van der Waals surface area contributed by atoms with E-state index in [-0.39, 0.29) is 18.4 Å². The van der Waals surface area contributed by atoms with Crippen molar-refractivity contribution < 1.29 is 9.90 Å². The van der Waals surface area contributed by atoms with Gasteiger partial charge in [0.1, 0.15) is 10.7 Å². The molecule has 6 heteroatoms. The summed E-state index contributed by atoms with van der Waals surface area (Å²) >= 11 is 1.44. The van der Waals surface area contributed by atoms with Crippen LogP contribution in [0.2, 0.25) is 0 Å². The number of thiophene rings is 1. The number of hydrogen-bond donors (Lipinski definition) is 2. The highest BCUT2D eigenvalue weighted by atomic mass is 32.1. The standard InChI is InChI=1S/C13H16N2O3S/c1-3-7(2)8-6-19-13-11(8)12(18)14-9(15-13)4-5-10(16)17/h6-7H,3-5H2,1-2H3,(H,16,17)(H,14,15,18). The number of carbonyl (C=O) groups is 1. The van der Waals surface area contributed by atoms with E-state index in [1.54, 1.807) is 0 Å². The summed E-state index contributed by atoms with van der Waals surface area (Å²) in [5.41, 5.74) is 0.864. The zero-order chi connectivity index (χ0) is 14.0. The lowest BCUT2D eigenvalue weighted by Gasteiger charge is -2.06. The molecule has 0 saturated carbocycles. The Kier molecular flexibility index (Phi) is 3.99. The van der Waals surface area contributed by atoms with Gasteiger partial charge in [0.2, 0.25) is 0 Å². The van der Waals surface area contributed by atoms with Gasteiger partial charge in [-0.05, 0) is 23.3 Å². The van der Waals surface area contributed by atoms with Crippen LogP contribution in [0.25, 0.3) is 10.2 Å². The third-order valence-electron chi connectivity index (χ3n) is 3.24. The molecule has 0 aliphatic rings. The molecule has 1 unspecified atom stereocenters. The van der Waals surface area contributed by atoms with E-state index in [4.69, 9.17) is 5.11 Å². The van der Waals surface area contributed by atoms with Crippen LogP contribution in [0.1, 0.15) is 44.0 Å². The van der Waals surface area contributed by atoms with Crippen LogP contribution in [-0.2, 0) is 11.2 Å². The van der Waals surface area contributed by atoms with Gasteiger partial charge in [0, 0.05) is 6.42 Å². The Bertz CT molecular complexity index is 659. The van der Waals surface area contributed by atoms with Crippen molar-refractivity contribution in [1.82, 2.24) is 9.97 Å². The number of nitrogens with zero attached hydrogens (tertiary/aromatic N) is 1. The Morgan fingerprint density at radius 2 is 2.32 bits per heavy atom. The molecule has 102 valence electrons. The second-order valence-electron chi connectivity index (χ2n) is 4.59. The molecule has 0 amide bonds. The average Bonchev–Trinajstić information content (AvgIpc) is 2.79. The molecule has 0 bridgehead atoms. The number of aromatic amines is 1. The van der Waals surface area contributed by atoms with Crippen LogP contribution in [0, 0.1) is 0 Å². The van der Waals surface area contributed by atoms with E-state index >= 15 is 0 Å². The van der Waals surface area contributed by atoms with Gasteiger partial charge < -0.3 is 10.1 Å². The molecule has 0 aliphatic heterocycles. The molecule has 1 atom stereocenters. The lowest BCUT2D eigenvalue weighted by molar-refractivity contribution is -0.137. The number of carboxylic acid groups (broad SMARTS) is 1. The van der Waals surface area contributed by atoms with Crippen LogP contribution in [0.5, 0.6) is 0 Å². The predicted molar refractivity (Wildman–Crippen MR) is 74.9 cm³/mol. The van der Waals surface area contributed by atoms with E-state index in [0.717, 1.165) is 12.0 Å². The second kappa shape index (κ2) is 5.52. The topological polar surface area (TPSA) is 83.0 Å². The summed E-state index contributed by atoms with van der Waals surface area (Å²) < 4.78 is 0. The van der Waals surface area contributed by atoms with Gasteiger partial charge in [0.05, 0.1) is 11.8 Å². The molecule has 0 radical (unpaired) electrons. The largest absolute Gasteiger partial charge is 0.481 e. The van der Waals surface area contributed by atoms with Gasteiger partial charge in [-0.25, -0.2) is 4.98 Å². The Labute approximate surface area is 114 Å². The molecule has 2 rings (SSSR count). The van der Waals surface area contributed by atoms with Crippen molar-refractivity contribution >= 4 is 27.5 Å². The summed E-state index contributed by atoms with van der Waals surface area (Å²) in [6, 6.07) is 0. The van der Waals surface area contributed by atoms with E-state index in [0.29, 0.717) is 22.0 Å². The number of H-pyrrole nitrogens is 1. The monoisotopic (exact) mass is 280 g/mol. The summed E-state index contributed by atoms with van der Waals surface area (Å²) in [4.78, 5) is 30.4. The fourth-order valence-corrected chi connectivity index (χ4v) is 3.02. The molecule has 0 aliphatic carbocycles. The number of aliphatic carboxylic acids is 1. The van der Waals surface area contributed by atoms with E-state index in [2.05, 4.69) is 23.8 Å². The summed E-state index contributed by atoms with van der Waals surface area (Å²) in [5, 5.41) is 11.3. The predicted octanol–water partition coefficient (Wildman–Crippen LogP) is 2.52. The summed E-state index contributed by atoms with van der Waals surface area (Å²) in [6.45, 7) is 4.16. The van der Waals surface area contributed by atoms with Gasteiger partial charge in [-0.3, -0.25) is 9.59 Å². The van der Waals surface area contributed by atoms with Crippen molar-refractivity contribution in [3.63, 3.8) is 0 Å². The minimum Gasteiger partial charge on any atom is -0.481 e. The molecule has 0 aromatic carbocycles. The van der Waals surface area contributed by atoms with Crippen LogP contribution >= 0.6 is 11.3 Å². The smallest absolute Gasteiger partial charge is 0.303 e. The molecular formula is C13H16N2O3S. The highest BCUT2D eigenvalue weighted by Crippen LogP contribution is 2.29. The molecule has 19 heavy (non-hydrogen) atoms. The number of hydrogen-bond acceptors (Lipinski definition) is 4. The third kappa shape index (κ3) is 2.84. The first-order chi connectivity index (χ1) is 9.02. The minimum atomic E-state index is -0.894. The minimum absolute atomic E-state index is 0.0297. The Balaban J connectivity index is 2.43.